The number of hydrogen-bond acceptors (Lipinski definition) is 4. The van der Waals surface area contributed by atoms with Gasteiger partial charge in [0.05, 0.1) is 16.8 Å². The van der Waals surface area contributed by atoms with E-state index in [1.165, 1.54) is 16.1 Å². The van der Waals surface area contributed by atoms with E-state index in [-0.39, 0.29) is 0 Å². The number of nitrogens with one attached hydrogen (secondary N) is 2. The molecule has 2 aromatic rings. The molecule has 4 nitrogen and oxygen atoms in total. The van der Waals surface area contributed by atoms with Gasteiger partial charge in [-0.15, -0.1) is 11.3 Å². The van der Waals surface area contributed by atoms with E-state index < -0.39 is 0 Å². The second kappa shape index (κ2) is 5.22. The molecule has 0 saturated carbocycles. The lowest BCUT2D eigenvalue weighted by atomic mass is 10.1. The van der Waals surface area contributed by atoms with Crippen LogP contribution in [0, 0.1) is 0 Å². The number of piperazine rings is 1. The van der Waals surface area contributed by atoms with Crippen molar-refractivity contribution < 1.29 is 0 Å². The maximum absolute atomic E-state index is 4.20. The van der Waals surface area contributed by atoms with Gasteiger partial charge < -0.3 is 5.32 Å². The molecule has 1 aliphatic heterocycles. The molecule has 2 N–H and O–H groups in total. The van der Waals surface area contributed by atoms with Gasteiger partial charge in [0.25, 0.3) is 0 Å². The second-order valence-corrected chi connectivity index (χ2v) is 5.79. The van der Waals surface area contributed by atoms with Crippen molar-refractivity contribution in [3.8, 4) is 10.6 Å². The third kappa shape index (κ3) is 2.48. The Labute approximate surface area is 111 Å². The van der Waals surface area contributed by atoms with Crippen LogP contribution in [0.1, 0.15) is 12.5 Å². The minimum atomic E-state index is 0.579. The molecule has 1 saturated heterocycles. The van der Waals surface area contributed by atoms with Crippen LogP contribution in [-0.2, 0) is 6.54 Å². The minimum Gasteiger partial charge on any atom is -0.312 e. The third-order valence-corrected chi connectivity index (χ3v) is 4.22. The third-order valence-electron chi connectivity index (χ3n) is 3.33. The van der Waals surface area contributed by atoms with Crippen LogP contribution in [0.25, 0.3) is 10.6 Å². The highest BCUT2D eigenvalue weighted by Gasteiger charge is 2.18. The van der Waals surface area contributed by atoms with Gasteiger partial charge >= 0.3 is 0 Å². The van der Waals surface area contributed by atoms with E-state index in [1.54, 1.807) is 11.3 Å². The van der Waals surface area contributed by atoms with Crippen LogP contribution in [-0.4, -0.2) is 40.8 Å². The SMILES string of the molecule is CC1CN(Cc2cn[nH]c2-c2cccs2)CCN1. The van der Waals surface area contributed by atoms with Gasteiger partial charge in [0.1, 0.15) is 0 Å². The zero-order valence-corrected chi connectivity index (χ0v) is 11.3. The number of H-pyrrole nitrogens is 1. The van der Waals surface area contributed by atoms with E-state index in [9.17, 15) is 0 Å². The molecule has 0 spiro atoms. The monoisotopic (exact) mass is 262 g/mol. The molecular weight excluding hydrogens is 244 g/mol. The van der Waals surface area contributed by atoms with E-state index in [0.29, 0.717) is 6.04 Å². The van der Waals surface area contributed by atoms with Crippen LogP contribution in [0.15, 0.2) is 23.7 Å². The number of hydrogen-bond donors (Lipinski definition) is 2. The summed E-state index contributed by atoms with van der Waals surface area (Å²) in [6.07, 6.45) is 1.96. The van der Waals surface area contributed by atoms with E-state index in [1.807, 2.05) is 6.20 Å². The van der Waals surface area contributed by atoms with Crippen molar-refractivity contribution in [1.82, 2.24) is 20.4 Å². The lowest BCUT2D eigenvalue weighted by Gasteiger charge is -2.31. The van der Waals surface area contributed by atoms with Crippen LogP contribution >= 0.6 is 11.3 Å². The summed E-state index contributed by atoms with van der Waals surface area (Å²) in [5.41, 5.74) is 2.47. The smallest absolute Gasteiger partial charge is 0.0794 e. The molecule has 0 aliphatic carbocycles. The molecule has 1 fully saturated rings. The molecule has 3 heterocycles. The first-order valence-electron chi connectivity index (χ1n) is 6.35. The van der Waals surface area contributed by atoms with E-state index in [4.69, 9.17) is 0 Å². The Balaban J connectivity index is 1.75. The summed E-state index contributed by atoms with van der Waals surface area (Å²) in [6, 6.07) is 4.80. The van der Waals surface area contributed by atoms with Crippen molar-refractivity contribution in [2.24, 2.45) is 0 Å². The van der Waals surface area contributed by atoms with Gasteiger partial charge in [-0.05, 0) is 18.4 Å². The molecule has 0 amide bonds. The summed E-state index contributed by atoms with van der Waals surface area (Å²) in [4.78, 5) is 3.76. The fourth-order valence-corrected chi connectivity index (χ4v) is 3.22. The average Bonchev–Trinajstić information content (AvgIpc) is 2.98. The number of rotatable bonds is 3. The normalized spacial score (nSPS) is 21.3. The van der Waals surface area contributed by atoms with Crippen LogP contribution in [0.4, 0.5) is 0 Å². The van der Waals surface area contributed by atoms with E-state index in [2.05, 4.69) is 44.9 Å². The molecule has 5 heteroatoms. The molecule has 1 atom stereocenters. The Morgan fingerprint density at radius 1 is 1.56 bits per heavy atom. The molecule has 3 rings (SSSR count). The summed E-state index contributed by atoms with van der Waals surface area (Å²) in [5, 5.41) is 12.9. The highest BCUT2D eigenvalue weighted by Crippen LogP contribution is 2.26. The van der Waals surface area contributed by atoms with Crippen molar-refractivity contribution in [3.05, 3.63) is 29.3 Å². The molecule has 0 bridgehead atoms. The van der Waals surface area contributed by atoms with Gasteiger partial charge in [0.2, 0.25) is 0 Å². The average molecular weight is 262 g/mol. The molecule has 1 unspecified atom stereocenters. The predicted molar refractivity (Wildman–Crippen MR) is 74.6 cm³/mol. The van der Waals surface area contributed by atoms with Crippen LogP contribution < -0.4 is 5.32 Å². The van der Waals surface area contributed by atoms with Gasteiger partial charge in [-0.25, -0.2) is 0 Å². The fraction of sp³-hybridized carbons (Fsp3) is 0.462. The van der Waals surface area contributed by atoms with Crippen molar-refractivity contribution in [1.29, 1.82) is 0 Å². The van der Waals surface area contributed by atoms with Crippen molar-refractivity contribution in [3.63, 3.8) is 0 Å². The topological polar surface area (TPSA) is 44.0 Å². The lowest BCUT2D eigenvalue weighted by molar-refractivity contribution is 0.200. The van der Waals surface area contributed by atoms with Crippen molar-refractivity contribution in [2.45, 2.75) is 19.5 Å². The molecular formula is C13H18N4S. The number of nitrogens with zero attached hydrogens (tertiary/aromatic N) is 2. The summed E-state index contributed by atoms with van der Waals surface area (Å²) < 4.78 is 0. The molecule has 96 valence electrons. The first kappa shape index (κ1) is 11.9. The number of aromatic nitrogens is 2. The van der Waals surface area contributed by atoms with Crippen molar-refractivity contribution >= 4 is 11.3 Å². The Morgan fingerprint density at radius 2 is 2.50 bits per heavy atom. The second-order valence-electron chi connectivity index (χ2n) is 4.84. The number of thiophene rings is 1. The first-order valence-corrected chi connectivity index (χ1v) is 7.23. The van der Waals surface area contributed by atoms with E-state index >= 15 is 0 Å². The van der Waals surface area contributed by atoms with Crippen molar-refractivity contribution in [2.75, 3.05) is 19.6 Å². The van der Waals surface area contributed by atoms with Crippen LogP contribution in [0.2, 0.25) is 0 Å². The van der Waals surface area contributed by atoms with Crippen LogP contribution in [0.5, 0.6) is 0 Å². The Kier molecular flexibility index (Phi) is 3.45. The lowest BCUT2D eigenvalue weighted by Crippen LogP contribution is -2.48. The van der Waals surface area contributed by atoms with Gasteiger partial charge in [-0.2, -0.15) is 5.10 Å². The van der Waals surface area contributed by atoms with E-state index in [0.717, 1.165) is 26.2 Å². The zero-order valence-electron chi connectivity index (χ0n) is 10.5. The summed E-state index contributed by atoms with van der Waals surface area (Å²) in [7, 11) is 0. The predicted octanol–water partition coefficient (Wildman–Crippen LogP) is 1.93. The molecule has 18 heavy (non-hydrogen) atoms. The van der Waals surface area contributed by atoms with Crippen LogP contribution in [0.3, 0.4) is 0 Å². The van der Waals surface area contributed by atoms with Gasteiger partial charge in [-0.1, -0.05) is 6.07 Å². The maximum Gasteiger partial charge on any atom is 0.0794 e. The maximum atomic E-state index is 4.20. The molecule has 0 aromatic carbocycles. The van der Waals surface area contributed by atoms with Gasteiger partial charge in [-0.3, -0.25) is 10.00 Å². The zero-order chi connectivity index (χ0) is 12.4. The quantitative estimate of drug-likeness (QED) is 0.888. The molecule has 2 aromatic heterocycles. The summed E-state index contributed by atoms with van der Waals surface area (Å²) >= 11 is 1.76. The fourth-order valence-electron chi connectivity index (χ4n) is 2.46. The first-order chi connectivity index (χ1) is 8.83. The number of aromatic amines is 1. The highest BCUT2D eigenvalue weighted by atomic mass is 32.1. The Hall–Kier alpha value is -1.17. The molecule has 0 radical (unpaired) electrons. The standard InChI is InChI=1S/C13H18N4S/c1-10-8-17(5-4-14-10)9-11-7-15-16-13(11)12-3-2-6-18-12/h2-3,6-7,10,14H,4-5,8-9H2,1H3,(H,15,16). The molecule has 1 aliphatic rings. The largest absolute Gasteiger partial charge is 0.312 e. The highest BCUT2D eigenvalue weighted by molar-refractivity contribution is 7.13. The summed E-state index contributed by atoms with van der Waals surface area (Å²) in [6.45, 7) is 6.51. The van der Waals surface area contributed by atoms with Gasteiger partial charge in [0.15, 0.2) is 0 Å². The Bertz CT molecular complexity index is 491. The minimum absolute atomic E-state index is 0.579. The Morgan fingerprint density at radius 3 is 3.28 bits per heavy atom. The van der Waals surface area contributed by atoms with Gasteiger partial charge in [0, 0.05) is 37.8 Å². The summed E-state index contributed by atoms with van der Waals surface area (Å²) in [5.74, 6) is 0.